The summed E-state index contributed by atoms with van der Waals surface area (Å²) in [6.07, 6.45) is 1.60. The summed E-state index contributed by atoms with van der Waals surface area (Å²) in [4.78, 5) is 12.1. The van der Waals surface area contributed by atoms with Crippen LogP contribution in [0, 0.1) is 0 Å². The van der Waals surface area contributed by atoms with E-state index in [-0.39, 0.29) is 0 Å². The van der Waals surface area contributed by atoms with Gasteiger partial charge in [-0.3, -0.25) is 14.8 Å². The van der Waals surface area contributed by atoms with Crippen molar-refractivity contribution in [3.63, 3.8) is 0 Å². The molecule has 0 amide bonds. The lowest BCUT2D eigenvalue weighted by atomic mass is 10.1. The van der Waals surface area contributed by atoms with E-state index in [1.165, 1.54) is 26.2 Å². The minimum absolute atomic E-state index is 0.552. The van der Waals surface area contributed by atoms with Gasteiger partial charge in [-0.15, -0.1) is 0 Å². The number of guanidine groups is 1. The first-order valence-electron chi connectivity index (χ1n) is 8.11. The summed E-state index contributed by atoms with van der Waals surface area (Å²) in [5.41, 5.74) is 0.916. The largest absolute Gasteiger partial charge is 0.364 e. The minimum atomic E-state index is 0.552. The van der Waals surface area contributed by atoms with Gasteiger partial charge >= 0.3 is 0 Å². The number of piperazine rings is 3. The molecule has 1 atom stereocenters. The van der Waals surface area contributed by atoms with Crippen molar-refractivity contribution in [2.75, 3.05) is 52.9 Å². The summed E-state index contributed by atoms with van der Waals surface area (Å²) in [5, 5.41) is 7.33. The molecule has 0 spiro atoms. The third-order valence-electron chi connectivity index (χ3n) is 4.43. The summed E-state index contributed by atoms with van der Waals surface area (Å²) in [6.45, 7) is 10.5. The fourth-order valence-corrected chi connectivity index (χ4v) is 3.20. The number of nitrogens with one attached hydrogen (secondary N) is 1. The molecule has 0 radical (unpaired) electrons. The Bertz CT molecular complexity index is 480. The molecule has 4 heterocycles. The molecule has 3 saturated heterocycles. The fourth-order valence-electron chi connectivity index (χ4n) is 3.20. The van der Waals surface area contributed by atoms with Gasteiger partial charge in [0.25, 0.3) is 0 Å². The molecular formula is C15H26N6O. The highest BCUT2D eigenvalue weighted by molar-refractivity contribution is 5.79. The first kappa shape index (κ1) is 15.3. The van der Waals surface area contributed by atoms with Gasteiger partial charge in [0.15, 0.2) is 5.96 Å². The molecule has 3 aliphatic heterocycles. The van der Waals surface area contributed by atoms with Gasteiger partial charge in [0.2, 0.25) is 0 Å². The van der Waals surface area contributed by atoms with E-state index in [1.54, 1.807) is 6.26 Å². The Hall–Kier alpha value is -1.60. The second-order valence-electron chi connectivity index (χ2n) is 6.03. The zero-order valence-corrected chi connectivity index (χ0v) is 13.5. The zero-order chi connectivity index (χ0) is 15.4. The average Bonchev–Trinajstić information content (AvgIpc) is 3.05. The molecular weight excluding hydrogens is 280 g/mol. The van der Waals surface area contributed by atoms with Crippen LogP contribution in [0.25, 0.3) is 0 Å². The van der Waals surface area contributed by atoms with E-state index in [1.807, 2.05) is 13.1 Å². The molecule has 3 fully saturated rings. The van der Waals surface area contributed by atoms with E-state index in [0.717, 1.165) is 31.3 Å². The van der Waals surface area contributed by atoms with Gasteiger partial charge in [-0.25, -0.2) is 0 Å². The molecule has 4 rings (SSSR count). The van der Waals surface area contributed by atoms with Crippen molar-refractivity contribution in [1.82, 2.24) is 25.2 Å². The highest BCUT2D eigenvalue weighted by Crippen LogP contribution is 2.15. The monoisotopic (exact) mass is 306 g/mol. The van der Waals surface area contributed by atoms with Gasteiger partial charge in [0.05, 0.1) is 13.1 Å². The third kappa shape index (κ3) is 3.59. The maximum absolute atomic E-state index is 4.89. The van der Waals surface area contributed by atoms with Crippen molar-refractivity contribution in [3.8, 4) is 0 Å². The van der Waals surface area contributed by atoms with Crippen LogP contribution in [0.4, 0.5) is 0 Å². The second-order valence-corrected chi connectivity index (χ2v) is 6.03. The van der Waals surface area contributed by atoms with Crippen LogP contribution in [0.2, 0.25) is 0 Å². The topological polar surface area (TPSA) is 60.1 Å². The smallest absolute Gasteiger partial charge is 0.194 e. The second kappa shape index (κ2) is 7.11. The Morgan fingerprint density at radius 1 is 1.45 bits per heavy atom. The molecule has 122 valence electrons. The Morgan fingerprint density at radius 2 is 2.27 bits per heavy atom. The molecule has 22 heavy (non-hydrogen) atoms. The molecule has 0 saturated carbocycles. The van der Waals surface area contributed by atoms with Gasteiger partial charge in [-0.05, 0) is 6.92 Å². The molecule has 0 aliphatic carbocycles. The lowest BCUT2D eigenvalue weighted by Gasteiger charge is -2.47. The van der Waals surface area contributed by atoms with E-state index >= 15 is 0 Å². The van der Waals surface area contributed by atoms with E-state index in [9.17, 15) is 0 Å². The molecule has 1 aromatic rings. The van der Waals surface area contributed by atoms with Crippen LogP contribution in [0.15, 0.2) is 21.8 Å². The lowest BCUT2D eigenvalue weighted by Crippen LogP contribution is -2.62. The van der Waals surface area contributed by atoms with Gasteiger partial charge in [-0.2, -0.15) is 0 Å². The molecule has 1 aromatic heterocycles. The molecule has 7 nitrogen and oxygen atoms in total. The standard InChI is InChI=1S/C15H26N6O/c1-3-16-15(19(2)11-13-4-9-22-18-13)17-10-14-12-20-5-7-21(14)8-6-20/h4,9,14H,3,5-8,10-12H2,1-2H3,(H,16,17). The van der Waals surface area contributed by atoms with Crippen molar-refractivity contribution < 1.29 is 4.52 Å². The third-order valence-corrected chi connectivity index (χ3v) is 4.43. The van der Waals surface area contributed by atoms with Gasteiger partial charge in [0, 0.05) is 58.4 Å². The predicted octanol–water partition coefficient (Wildman–Crippen LogP) is 0.0717. The summed E-state index contributed by atoms with van der Waals surface area (Å²) in [7, 11) is 2.03. The van der Waals surface area contributed by atoms with Gasteiger partial charge in [0.1, 0.15) is 12.0 Å². The van der Waals surface area contributed by atoms with E-state index in [2.05, 4.69) is 32.1 Å². The number of hydrogen-bond donors (Lipinski definition) is 1. The van der Waals surface area contributed by atoms with Gasteiger partial charge in [-0.1, -0.05) is 5.16 Å². The van der Waals surface area contributed by atoms with Gasteiger partial charge < -0.3 is 14.7 Å². The SMILES string of the molecule is CCNC(=NCC1CN2CCN1CC2)N(C)Cc1ccon1. The highest BCUT2D eigenvalue weighted by Gasteiger charge is 2.31. The van der Waals surface area contributed by atoms with Crippen LogP contribution in [0.5, 0.6) is 0 Å². The molecule has 7 heteroatoms. The zero-order valence-electron chi connectivity index (χ0n) is 13.5. The predicted molar refractivity (Wildman–Crippen MR) is 85.7 cm³/mol. The fraction of sp³-hybridized carbons (Fsp3) is 0.733. The van der Waals surface area contributed by atoms with Crippen molar-refractivity contribution in [2.45, 2.75) is 19.5 Å². The van der Waals surface area contributed by atoms with Crippen molar-refractivity contribution in [1.29, 1.82) is 0 Å². The van der Waals surface area contributed by atoms with Crippen molar-refractivity contribution in [3.05, 3.63) is 18.0 Å². The molecule has 1 N–H and O–H groups in total. The lowest BCUT2D eigenvalue weighted by molar-refractivity contribution is 0.0173. The van der Waals surface area contributed by atoms with Crippen LogP contribution in [0.1, 0.15) is 12.6 Å². The van der Waals surface area contributed by atoms with Crippen LogP contribution in [-0.4, -0.2) is 84.7 Å². The summed E-state index contributed by atoms with van der Waals surface area (Å²) in [5.74, 6) is 0.933. The number of fused-ring (bicyclic) bond motifs is 3. The van der Waals surface area contributed by atoms with E-state index in [0.29, 0.717) is 12.6 Å². The Balaban J connectivity index is 1.59. The van der Waals surface area contributed by atoms with Crippen LogP contribution >= 0.6 is 0 Å². The summed E-state index contributed by atoms with van der Waals surface area (Å²) < 4.78 is 4.89. The molecule has 1 unspecified atom stereocenters. The Kier molecular flexibility index (Phi) is 4.94. The maximum Gasteiger partial charge on any atom is 0.194 e. The first-order chi connectivity index (χ1) is 10.8. The molecule has 0 aromatic carbocycles. The highest BCUT2D eigenvalue weighted by atomic mass is 16.5. The van der Waals surface area contributed by atoms with Crippen LogP contribution in [0.3, 0.4) is 0 Å². The van der Waals surface area contributed by atoms with Crippen LogP contribution < -0.4 is 5.32 Å². The van der Waals surface area contributed by atoms with Crippen LogP contribution in [-0.2, 0) is 6.54 Å². The first-order valence-corrected chi connectivity index (χ1v) is 8.11. The van der Waals surface area contributed by atoms with E-state index in [4.69, 9.17) is 9.52 Å². The minimum Gasteiger partial charge on any atom is -0.364 e. The number of hydrogen-bond acceptors (Lipinski definition) is 5. The van der Waals surface area contributed by atoms with E-state index < -0.39 is 0 Å². The number of aliphatic imine (C=N–C) groups is 1. The summed E-state index contributed by atoms with van der Waals surface area (Å²) >= 11 is 0. The summed E-state index contributed by atoms with van der Waals surface area (Å²) in [6, 6.07) is 2.44. The number of aromatic nitrogens is 1. The Labute approximate surface area is 131 Å². The van der Waals surface area contributed by atoms with Crippen molar-refractivity contribution in [2.24, 2.45) is 4.99 Å². The number of nitrogens with zero attached hydrogens (tertiary/aromatic N) is 5. The molecule has 2 bridgehead atoms. The Morgan fingerprint density at radius 3 is 2.86 bits per heavy atom. The number of rotatable bonds is 5. The molecule has 3 aliphatic rings. The normalized spacial score (nSPS) is 27.9. The maximum atomic E-state index is 4.89. The average molecular weight is 306 g/mol. The van der Waals surface area contributed by atoms with Crippen molar-refractivity contribution >= 4 is 5.96 Å². The quantitative estimate of drug-likeness (QED) is 0.614.